The Balaban J connectivity index is 1.57. The molecule has 2 heterocycles. The Morgan fingerprint density at radius 1 is 1.16 bits per heavy atom. The molecule has 2 saturated heterocycles. The zero-order chi connectivity index (χ0) is 17.8. The lowest BCUT2D eigenvalue weighted by Crippen LogP contribution is -2.56. The minimum Gasteiger partial charge on any atom is -0.340 e. The number of Topliss-reactive ketones (excluding diaryl/α,β-unsaturated/α-hetero) is 1. The first-order valence-corrected chi connectivity index (χ1v) is 9.44. The SMILES string of the molecule is CCC(=O)N1CCN(C2CC(C(=O)c3ccc(Cl)cc3)CC[N]2)CC1. The summed E-state index contributed by atoms with van der Waals surface area (Å²) in [5, 5.41) is 5.38. The van der Waals surface area contributed by atoms with Crippen LogP contribution in [0, 0.1) is 5.92 Å². The van der Waals surface area contributed by atoms with Crippen LogP contribution in [0.2, 0.25) is 5.02 Å². The first-order valence-electron chi connectivity index (χ1n) is 9.06. The van der Waals surface area contributed by atoms with Crippen molar-refractivity contribution in [3.63, 3.8) is 0 Å². The van der Waals surface area contributed by atoms with E-state index >= 15 is 0 Å². The fourth-order valence-electron chi connectivity index (χ4n) is 3.67. The molecular weight excluding hydrogens is 338 g/mol. The second-order valence-corrected chi connectivity index (χ2v) is 7.19. The van der Waals surface area contributed by atoms with Gasteiger partial charge in [0.25, 0.3) is 0 Å². The van der Waals surface area contributed by atoms with Crippen molar-refractivity contribution in [2.45, 2.75) is 32.4 Å². The second kappa shape index (κ2) is 8.30. The maximum atomic E-state index is 12.8. The lowest BCUT2D eigenvalue weighted by Gasteiger charge is -2.41. The summed E-state index contributed by atoms with van der Waals surface area (Å²) in [5.74, 6) is 0.423. The maximum Gasteiger partial charge on any atom is 0.222 e. The Labute approximate surface area is 154 Å². The third-order valence-corrected chi connectivity index (χ3v) is 5.46. The standard InChI is InChI=1S/C19H25ClN3O2/c1-2-18(24)23-11-9-22(10-12-23)17-13-15(7-8-21-17)19(25)14-3-5-16(20)6-4-14/h3-6,15,17H,2,7-13H2,1H3. The van der Waals surface area contributed by atoms with Crippen molar-refractivity contribution in [3.05, 3.63) is 34.9 Å². The molecule has 6 heteroatoms. The molecular formula is C19H25ClN3O2. The number of carbonyl (C=O) groups is 2. The summed E-state index contributed by atoms with van der Waals surface area (Å²) < 4.78 is 0. The number of nitrogens with zero attached hydrogens (tertiary/aromatic N) is 3. The second-order valence-electron chi connectivity index (χ2n) is 6.75. The number of piperidine rings is 1. The van der Waals surface area contributed by atoms with Gasteiger partial charge in [-0.05, 0) is 37.1 Å². The largest absolute Gasteiger partial charge is 0.340 e. The van der Waals surface area contributed by atoms with Crippen LogP contribution in [-0.2, 0) is 4.79 Å². The van der Waals surface area contributed by atoms with Gasteiger partial charge in [-0.25, -0.2) is 5.32 Å². The molecule has 2 unspecified atom stereocenters. The van der Waals surface area contributed by atoms with Gasteiger partial charge < -0.3 is 4.90 Å². The van der Waals surface area contributed by atoms with E-state index in [2.05, 4.69) is 4.90 Å². The summed E-state index contributed by atoms with van der Waals surface area (Å²) in [6.07, 6.45) is 2.23. The Morgan fingerprint density at radius 2 is 1.84 bits per heavy atom. The lowest BCUT2D eigenvalue weighted by molar-refractivity contribution is -0.133. The molecule has 2 aliphatic heterocycles. The Morgan fingerprint density at radius 3 is 2.48 bits per heavy atom. The molecule has 0 spiro atoms. The number of rotatable bonds is 4. The van der Waals surface area contributed by atoms with Crippen LogP contribution in [0.25, 0.3) is 0 Å². The van der Waals surface area contributed by atoms with E-state index in [0.717, 1.165) is 51.1 Å². The highest BCUT2D eigenvalue weighted by molar-refractivity contribution is 6.30. The van der Waals surface area contributed by atoms with Gasteiger partial charge in [-0.2, -0.15) is 0 Å². The molecule has 2 fully saturated rings. The van der Waals surface area contributed by atoms with Crippen molar-refractivity contribution < 1.29 is 9.59 Å². The smallest absolute Gasteiger partial charge is 0.222 e. The van der Waals surface area contributed by atoms with E-state index in [9.17, 15) is 9.59 Å². The molecule has 1 amide bonds. The van der Waals surface area contributed by atoms with Gasteiger partial charge in [0.15, 0.2) is 5.78 Å². The van der Waals surface area contributed by atoms with Crippen LogP contribution in [0.1, 0.15) is 36.5 Å². The number of hydrogen-bond acceptors (Lipinski definition) is 3. The number of ketones is 1. The van der Waals surface area contributed by atoms with Gasteiger partial charge >= 0.3 is 0 Å². The molecule has 0 aliphatic carbocycles. The molecule has 0 N–H and O–H groups in total. The van der Waals surface area contributed by atoms with Crippen LogP contribution in [-0.4, -0.2) is 60.4 Å². The highest BCUT2D eigenvalue weighted by Crippen LogP contribution is 2.25. The molecule has 1 aromatic carbocycles. The molecule has 135 valence electrons. The van der Waals surface area contributed by atoms with Gasteiger partial charge in [-0.15, -0.1) is 0 Å². The summed E-state index contributed by atoms with van der Waals surface area (Å²) in [4.78, 5) is 28.8. The molecule has 1 radical (unpaired) electrons. The van der Waals surface area contributed by atoms with Gasteiger partial charge in [0, 0.05) is 55.6 Å². The number of halogens is 1. The molecule has 1 aromatic rings. The average molecular weight is 363 g/mol. The topological polar surface area (TPSA) is 54.7 Å². The number of benzene rings is 1. The average Bonchev–Trinajstić information content (AvgIpc) is 2.67. The number of hydrogen-bond donors (Lipinski definition) is 0. The summed E-state index contributed by atoms with van der Waals surface area (Å²) in [6, 6.07) is 7.15. The van der Waals surface area contributed by atoms with E-state index in [1.54, 1.807) is 24.3 Å². The summed E-state index contributed by atoms with van der Waals surface area (Å²) >= 11 is 5.91. The fraction of sp³-hybridized carbons (Fsp3) is 0.579. The molecule has 2 atom stereocenters. The van der Waals surface area contributed by atoms with Gasteiger partial charge in [0.05, 0.1) is 6.17 Å². The Kier molecular flexibility index (Phi) is 6.10. The predicted octanol–water partition coefficient (Wildman–Crippen LogP) is 2.42. The molecule has 5 nitrogen and oxygen atoms in total. The van der Waals surface area contributed by atoms with E-state index in [1.807, 2.05) is 11.8 Å². The summed E-state index contributed by atoms with van der Waals surface area (Å²) in [6.45, 7) is 5.81. The predicted molar refractivity (Wildman–Crippen MR) is 97.7 cm³/mol. The van der Waals surface area contributed by atoms with E-state index in [1.165, 1.54) is 0 Å². The Bertz CT molecular complexity index is 612. The molecule has 2 aliphatic rings. The van der Waals surface area contributed by atoms with Gasteiger partial charge in [0.1, 0.15) is 0 Å². The number of piperazine rings is 1. The number of amides is 1. The lowest BCUT2D eigenvalue weighted by atomic mass is 9.87. The first-order chi connectivity index (χ1) is 12.1. The van der Waals surface area contributed by atoms with Crippen molar-refractivity contribution in [3.8, 4) is 0 Å². The van der Waals surface area contributed by atoms with Crippen LogP contribution in [0.3, 0.4) is 0 Å². The highest BCUT2D eigenvalue weighted by atomic mass is 35.5. The normalized spacial score (nSPS) is 25.0. The van der Waals surface area contributed by atoms with Crippen molar-refractivity contribution in [1.29, 1.82) is 0 Å². The fourth-order valence-corrected chi connectivity index (χ4v) is 3.80. The third kappa shape index (κ3) is 4.40. The molecule has 3 rings (SSSR count). The van der Waals surface area contributed by atoms with E-state index in [-0.39, 0.29) is 23.8 Å². The van der Waals surface area contributed by atoms with Crippen LogP contribution >= 0.6 is 11.6 Å². The van der Waals surface area contributed by atoms with E-state index in [0.29, 0.717) is 11.4 Å². The quantitative estimate of drug-likeness (QED) is 0.773. The third-order valence-electron chi connectivity index (χ3n) is 5.20. The van der Waals surface area contributed by atoms with Crippen LogP contribution in [0.4, 0.5) is 0 Å². The Hall–Kier alpha value is -1.43. The zero-order valence-electron chi connectivity index (χ0n) is 14.7. The monoisotopic (exact) mass is 362 g/mol. The number of carbonyl (C=O) groups excluding carboxylic acids is 2. The van der Waals surface area contributed by atoms with Crippen LogP contribution in [0.5, 0.6) is 0 Å². The summed E-state index contributed by atoms with van der Waals surface area (Å²) in [5.41, 5.74) is 0.730. The van der Waals surface area contributed by atoms with Gasteiger partial charge in [-0.1, -0.05) is 18.5 Å². The van der Waals surface area contributed by atoms with Gasteiger partial charge in [-0.3, -0.25) is 14.5 Å². The molecule has 0 bridgehead atoms. The van der Waals surface area contributed by atoms with Crippen molar-refractivity contribution >= 4 is 23.3 Å². The van der Waals surface area contributed by atoms with E-state index < -0.39 is 0 Å². The van der Waals surface area contributed by atoms with Crippen molar-refractivity contribution in [1.82, 2.24) is 15.1 Å². The highest BCUT2D eigenvalue weighted by Gasteiger charge is 2.33. The minimum absolute atomic E-state index is 0.0129. The maximum absolute atomic E-state index is 12.8. The molecule has 25 heavy (non-hydrogen) atoms. The zero-order valence-corrected chi connectivity index (χ0v) is 15.4. The molecule has 0 saturated carbocycles. The van der Waals surface area contributed by atoms with Crippen LogP contribution < -0.4 is 5.32 Å². The minimum atomic E-state index is 0.0129. The first kappa shape index (κ1) is 18.4. The van der Waals surface area contributed by atoms with Crippen molar-refractivity contribution in [2.75, 3.05) is 32.7 Å². The molecule has 0 aromatic heterocycles. The summed E-state index contributed by atoms with van der Waals surface area (Å²) in [7, 11) is 0. The van der Waals surface area contributed by atoms with Gasteiger partial charge in [0.2, 0.25) is 5.91 Å². The van der Waals surface area contributed by atoms with E-state index in [4.69, 9.17) is 16.9 Å². The van der Waals surface area contributed by atoms with Crippen LogP contribution in [0.15, 0.2) is 24.3 Å². The van der Waals surface area contributed by atoms with Crippen molar-refractivity contribution in [2.24, 2.45) is 5.92 Å².